The maximum absolute atomic E-state index is 11.1. The van der Waals surface area contributed by atoms with E-state index < -0.39 is 12.3 Å². The Morgan fingerprint density at radius 3 is 0.592 bits per heavy atom. The molecule has 454 valence electrons. The van der Waals surface area contributed by atoms with Crippen LogP contribution < -0.4 is 0 Å². The third kappa shape index (κ3) is 66.6. The Morgan fingerprint density at radius 2 is 0.447 bits per heavy atom. The predicted octanol–water partition coefficient (Wildman–Crippen LogP) is 1.46. The summed E-state index contributed by atoms with van der Waals surface area (Å²) in [4.78, 5) is 11.1. The lowest BCUT2D eigenvalue weighted by atomic mass is 10.5. The van der Waals surface area contributed by atoms with Crippen molar-refractivity contribution >= 4 is 5.97 Å². The lowest BCUT2D eigenvalue weighted by Gasteiger charge is -2.15. The molecule has 0 saturated heterocycles. The SMILES string of the molecule is C=CC(=O)OCC(OC)OCCOCCOCCOCCOCCOCCOCCOCCOCCOCCOCCOCCOCCOCCOCCOCCOCCOCCOCCOCCOCCOCCC. The zero-order valence-corrected chi connectivity index (χ0v) is 46.4. The van der Waals surface area contributed by atoms with E-state index in [0.717, 1.165) is 19.1 Å². The molecule has 0 aromatic heterocycles. The van der Waals surface area contributed by atoms with Crippen LogP contribution in [0.2, 0.25) is 0 Å². The number of ether oxygens (including phenoxy) is 24. The normalized spacial score (nSPS) is 12.0. The summed E-state index contributed by atoms with van der Waals surface area (Å²) < 4.78 is 131. The van der Waals surface area contributed by atoms with Crippen molar-refractivity contribution in [2.45, 2.75) is 19.6 Å². The average molecular weight is 1110 g/mol. The van der Waals surface area contributed by atoms with E-state index in [0.29, 0.717) is 271 Å². The minimum absolute atomic E-state index is 0.0211. The second kappa shape index (κ2) is 69.4. The quantitative estimate of drug-likeness (QED) is 0.0363. The van der Waals surface area contributed by atoms with E-state index in [1.54, 1.807) is 0 Å². The standard InChI is InChI=1S/C51H100O25/c1-4-6-54-7-8-55-9-10-56-11-12-57-13-14-58-15-16-59-17-18-60-19-20-61-21-22-62-23-24-63-25-26-64-27-28-65-29-30-66-31-32-67-33-34-68-35-36-69-37-38-70-39-40-71-41-42-72-43-44-73-45-46-74-47-48-75-51(53-3)49-76-50(52)5-2/h5,51H,2,4,6-49H2,1,3H3. The summed E-state index contributed by atoms with van der Waals surface area (Å²) in [7, 11) is 1.46. The van der Waals surface area contributed by atoms with Gasteiger partial charge in [0.1, 0.15) is 6.61 Å². The van der Waals surface area contributed by atoms with Crippen LogP contribution in [-0.2, 0) is 118 Å². The van der Waals surface area contributed by atoms with Crippen LogP contribution in [0.5, 0.6) is 0 Å². The van der Waals surface area contributed by atoms with Crippen LogP contribution >= 0.6 is 0 Å². The third-order valence-electron chi connectivity index (χ3n) is 9.11. The van der Waals surface area contributed by atoms with Gasteiger partial charge in [-0.05, 0) is 6.42 Å². The Morgan fingerprint density at radius 1 is 0.289 bits per heavy atom. The molecule has 76 heavy (non-hydrogen) atoms. The molecule has 0 saturated carbocycles. The highest BCUT2D eigenvalue weighted by molar-refractivity contribution is 5.81. The van der Waals surface area contributed by atoms with Crippen molar-refractivity contribution in [2.75, 3.05) is 298 Å². The Kier molecular flexibility index (Phi) is 67.8. The molecule has 0 aliphatic carbocycles. The average Bonchev–Trinajstić information content (AvgIpc) is 3.43. The van der Waals surface area contributed by atoms with Gasteiger partial charge in [-0.1, -0.05) is 13.5 Å². The summed E-state index contributed by atoms with van der Waals surface area (Å²) in [6.07, 6.45) is 1.43. The fourth-order valence-electron chi connectivity index (χ4n) is 5.28. The molecule has 25 heteroatoms. The highest BCUT2D eigenvalue weighted by Gasteiger charge is 2.10. The molecular formula is C51H100O25. The van der Waals surface area contributed by atoms with E-state index in [1.165, 1.54) is 7.11 Å². The van der Waals surface area contributed by atoms with Gasteiger partial charge in [0.2, 0.25) is 0 Å². The fourth-order valence-corrected chi connectivity index (χ4v) is 5.28. The molecule has 0 spiro atoms. The molecule has 1 unspecified atom stereocenters. The number of methoxy groups -OCH3 is 1. The summed E-state index contributed by atoms with van der Waals surface area (Å²) in [6.45, 7) is 26.5. The second-order valence-corrected chi connectivity index (χ2v) is 15.2. The van der Waals surface area contributed by atoms with Gasteiger partial charge in [-0.2, -0.15) is 0 Å². The molecular weight excluding hydrogens is 1010 g/mol. The third-order valence-corrected chi connectivity index (χ3v) is 9.11. The van der Waals surface area contributed by atoms with Crippen LogP contribution in [0.15, 0.2) is 12.7 Å². The van der Waals surface area contributed by atoms with E-state index in [4.69, 9.17) is 114 Å². The summed E-state index contributed by atoms with van der Waals surface area (Å²) in [5.74, 6) is -0.537. The van der Waals surface area contributed by atoms with Crippen LogP contribution in [0.25, 0.3) is 0 Å². The first kappa shape index (κ1) is 74.3. The van der Waals surface area contributed by atoms with Gasteiger partial charge in [-0.25, -0.2) is 4.79 Å². The molecule has 0 amide bonds. The second-order valence-electron chi connectivity index (χ2n) is 15.2. The lowest BCUT2D eigenvalue weighted by Crippen LogP contribution is -2.25. The van der Waals surface area contributed by atoms with Crippen molar-refractivity contribution in [1.82, 2.24) is 0 Å². The Labute approximate surface area is 453 Å². The predicted molar refractivity (Wildman–Crippen MR) is 275 cm³/mol. The highest BCUT2D eigenvalue weighted by atomic mass is 16.7. The van der Waals surface area contributed by atoms with Crippen molar-refractivity contribution in [3.63, 3.8) is 0 Å². The monoisotopic (exact) mass is 1110 g/mol. The van der Waals surface area contributed by atoms with Gasteiger partial charge in [-0.15, -0.1) is 0 Å². The van der Waals surface area contributed by atoms with Crippen LogP contribution in [-0.4, -0.2) is 310 Å². The molecule has 0 heterocycles. The molecule has 25 nitrogen and oxygen atoms in total. The van der Waals surface area contributed by atoms with Crippen molar-refractivity contribution in [3.05, 3.63) is 12.7 Å². The minimum Gasteiger partial charge on any atom is -0.457 e. The first-order valence-corrected chi connectivity index (χ1v) is 26.8. The van der Waals surface area contributed by atoms with Crippen LogP contribution in [0.3, 0.4) is 0 Å². The van der Waals surface area contributed by atoms with Gasteiger partial charge in [0.25, 0.3) is 0 Å². The molecule has 1 atom stereocenters. The highest BCUT2D eigenvalue weighted by Crippen LogP contribution is 1.97. The topological polar surface area (TPSA) is 239 Å². The number of hydrogen-bond acceptors (Lipinski definition) is 25. The first-order valence-electron chi connectivity index (χ1n) is 26.8. The van der Waals surface area contributed by atoms with Crippen molar-refractivity contribution in [1.29, 1.82) is 0 Å². The van der Waals surface area contributed by atoms with Crippen LogP contribution in [0, 0.1) is 0 Å². The smallest absolute Gasteiger partial charge is 0.330 e. The molecule has 0 aliphatic heterocycles. The van der Waals surface area contributed by atoms with Gasteiger partial charge in [0, 0.05) is 19.8 Å². The molecule has 0 rings (SSSR count). The van der Waals surface area contributed by atoms with Crippen molar-refractivity contribution in [3.8, 4) is 0 Å². The number of rotatable bonds is 70. The maximum atomic E-state index is 11.1. The lowest BCUT2D eigenvalue weighted by molar-refractivity contribution is -0.174. The maximum Gasteiger partial charge on any atom is 0.330 e. The number of esters is 1. The summed E-state index contributed by atoms with van der Waals surface area (Å²) >= 11 is 0. The summed E-state index contributed by atoms with van der Waals surface area (Å²) in [5.41, 5.74) is 0. The van der Waals surface area contributed by atoms with Gasteiger partial charge in [-0.3, -0.25) is 0 Å². The summed E-state index contributed by atoms with van der Waals surface area (Å²) in [6, 6.07) is 0. The fraction of sp³-hybridized carbons (Fsp3) is 0.941. The molecule has 0 aromatic carbocycles. The van der Waals surface area contributed by atoms with E-state index in [2.05, 4.69) is 13.5 Å². The van der Waals surface area contributed by atoms with E-state index in [9.17, 15) is 4.79 Å². The number of carbonyl (C=O) groups excluding carboxylic acids is 1. The Hall–Kier alpha value is -1.71. The molecule has 0 N–H and O–H groups in total. The van der Waals surface area contributed by atoms with Gasteiger partial charge >= 0.3 is 5.97 Å². The van der Waals surface area contributed by atoms with E-state index >= 15 is 0 Å². The molecule has 0 aromatic rings. The van der Waals surface area contributed by atoms with Crippen LogP contribution in [0.4, 0.5) is 0 Å². The van der Waals surface area contributed by atoms with E-state index in [1.807, 2.05) is 0 Å². The van der Waals surface area contributed by atoms with Crippen LogP contribution in [0.1, 0.15) is 13.3 Å². The van der Waals surface area contributed by atoms with E-state index in [-0.39, 0.29) is 13.2 Å². The molecule has 0 fully saturated rings. The zero-order valence-electron chi connectivity index (χ0n) is 46.4. The van der Waals surface area contributed by atoms with Gasteiger partial charge in [0.05, 0.1) is 277 Å². The van der Waals surface area contributed by atoms with Crippen molar-refractivity contribution in [2.24, 2.45) is 0 Å². The first-order chi connectivity index (χ1) is 37.7. The Bertz CT molecular complexity index is 1090. The minimum atomic E-state index is -0.661. The van der Waals surface area contributed by atoms with Crippen molar-refractivity contribution < 1.29 is 118 Å². The zero-order chi connectivity index (χ0) is 54.7. The molecule has 0 bridgehead atoms. The van der Waals surface area contributed by atoms with Gasteiger partial charge in [0.15, 0.2) is 6.29 Å². The molecule has 0 radical (unpaired) electrons. The Balaban J connectivity index is 3.11. The number of hydrogen-bond donors (Lipinski definition) is 0. The molecule has 0 aliphatic rings. The van der Waals surface area contributed by atoms with Gasteiger partial charge < -0.3 is 114 Å². The number of carbonyl (C=O) groups is 1. The largest absolute Gasteiger partial charge is 0.457 e. The summed E-state index contributed by atoms with van der Waals surface area (Å²) in [5, 5.41) is 0.